The van der Waals surface area contributed by atoms with Crippen LogP contribution in [0.3, 0.4) is 0 Å². The first kappa shape index (κ1) is 23.9. The number of amides is 1. The van der Waals surface area contributed by atoms with Crippen molar-refractivity contribution in [3.05, 3.63) is 74.5 Å². The number of rotatable bonds is 6. The van der Waals surface area contributed by atoms with Gasteiger partial charge < -0.3 is 14.8 Å². The Kier molecular flexibility index (Phi) is 7.43. The minimum atomic E-state index is -0.480. The molecule has 184 valence electrons. The number of aromatic nitrogens is 2. The van der Waals surface area contributed by atoms with Gasteiger partial charge in [0.05, 0.1) is 30.2 Å². The number of hydrogen-bond acceptors (Lipinski definition) is 6. The van der Waals surface area contributed by atoms with Gasteiger partial charge in [-0.25, -0.2) is 0 Å². The largest absolute Gasteiger partial charge is 0.381 e. The lowest BCUT2D eigenvalue weighted by Crippen LogP contribution is -2.36. The van der Waals surface area contributed by atoms with Gasteiger partial charge in [-0.2, -0.15) is 5.10 Å². The molecule has 1 amide bonds. The Labute approximate surface area is 208 Å². The maximum atomic E-state index is 13.5. The third-order valence-corrected chi connectivity index (χ3v) is 6.86. The Morgan fingerprint density at radius 3 is 2.43 bits per heavy atom. The molecule has 0 atom stereocenters. The molecule has 1 aromatic heterocycles. The molecule has 35 heavy (non-hydrogen) atoms. The van der Waals surface area contributed by atoms with E-state index in [1.54, 1.807) is 12.1 Å². The molecular formula is C26H29ClN4O4. The van der Waals surface area contributed by atoms with E-state index in [1.807, 2.05) is 28.9 Å². The third-order valence-electron chi connectivity index (χ3n) is 6.60. The highest BCUT2D eigenvalue weighted by molar-refractivity contribution is 6.30. The van der Waals surface area contributed by atoms with Gasteiger partial charge in [0.15, 0.2) is 5.69 Å². The second-order valence-corrected chi connectivity index (χ2v) is 9.45. The average Bonchev–Trinajstić information content (AvgIpc) is 2.90. The van der Waals surface area contributed by atoms with Gasteiger partial charge in [-0.1, -0.05) is 29.8 Å². The summed E-state index contributed by atoms with van der Waals surface area (Å²) in [5.74, 6) is -0.480. The summed E-state index contributed by atoms with van der Waals surface area (Å²) in [4.78, 5) is 28.9. The standard InChI is InChI=1S/C26H29ClN4O4/c27-20-4-1-18(2-5-20)16-28-26(33)24-25(32)22-15-19(17-30-9-13-35-14-10-30)3-6-23(22)31(29-24)21-7-11-34-12-8-21/h1-6,15,21H,7-14,16-17H2,(H,28,33). The first-order valence-electron chi connectivity index (χ1n) is 12.0. The molecule has 0 bridgehead atoms. The van der Waals surface area contributed by atoms with Crippen LogP contribution in [-0.4, -0.2) is 60.1 Å². The van der Waals surface area contributed by atoms with E-state index < -0.39 is 5.91 Å². The Morgan fingerprint density at radius 1 is 1.00 bits per heavy atom. The smallest absolute Gasteiger partial charge is 0.276 e. The first-order valence-corrected chi connectivity index (χ1v) is 12.4. The molecule has 2 saturated heterocycles. The maximum Gasteiger partial charge on any atom is 0.276 e. The zero-order chi connectivity index (χ0) is 24.2. The van der Waals surface area contributed by atoms with E-state index in [2.05, 4.69) is 21.4 Å². The molecule has 5 rings (SSSR count). The molecule has 3 heterocycles. The second kappa shape index (κ2) is 10.9. The van der Waals surface area contributed by atoms with Gasteiger partial charge in [-0.05, 0) is 48.2 Å². The van der Waals surface area contributed by atoms with Gasteiger partial charge in [0.25, 0.3) is 5.91 Å². The molecular weight excluding hydrogens is 468 g/mol. The summed E-state index contributed by atoms with van der Waals surface area (Å²) in [5, 5.41) is 8.58. The summed E-state index contributed by atoms with van der Waals surface area (Å²) in [7, 11) is 0. The summed E-state index contributed by atoms with van der Waals surface area (Å²) in [5.41, 5.74) is 2.25. The fraction of sp³-hybridized carbons (Fsp3) is 0.423. The molecule has 2 aliphatic heterocycles. The van der Waals surface area contributed by atoms with Crippen LogP contribution in [-0.2, 0) is 22.6 Å². The molecule has 3 aromatic rings. The van der Waals surface area contributed by atoms with E-state index in [9.17, 15) is 9.59 Å². The van der Waals surface area contributed by atoms with Gasteiger partial charge in [0.2, 0.25) is 5.43 Å². The zero-order valence-corrected chi connectivity index (χ0v) is 20.3. The summed E-state index contributed by atoms with van der Waals surface area (Å²) >= 11 is 5.95. The van der Waals surface area contributed by atoms with Crippen LogP contribution < -0.4 is 10.7 Å². The summed E-state index contributed by atoms with van der Waals surface area (Å²) in [6.45, 7) is 5.43. The molecule has 2 aromatic carbocycles. The van der Waals surface area contributed by atoms with Crippen molar-refractivity contribution >= 4 is 28.4 Å². The highest BCUT2D eigenvalue weighted by Crippen LogP contribution is 2.25. The predicted molar refractivity (Wildman–Crippen MR) is 134 cm³/mol. The van der Waals surface area contributed by atoms with E-state index in [0.717, 1.165) is 49.1 Å². The fourth-order valence-electron chi connectivity index (χ4n) is 4.64. The topological polar surface area (TPSA) is 85.7 Å². The number of halogens is 1. The van der Waals surface area contributed by atoms with Crippen molar-refractivity contribution < 1.29 is 14.3 Å². The second-order valence-electron chi connectivity index (χ2n) is 9.02. The Balaban J connectivity index is 1.48. The van der Waals surface area contributed by atoms with Crippen LogP contribution in [0.25, 0.3) is 10.9 Å². The molecule has 2 aliphatic rings. The summed E-state index contributed by atoms with van der Waals surface area (Å²) in [6, 6.07) is 13.2. The molecule has 1 N–H and O–H groups in total. The Bertz CT molecular complexity index is 1250. The number of nitrogens with zero attached hydrogens (tertiary/aromatic N) is 3. The molecule has 0 radical (unpaired) electrons. The minimum absolute atomic E-state index is 0.0692. The number of carbonyl (C=O) groups excluding carboxylic acids is 1. The van der Waals surface area contributed by atoms with E-state index in [-0.39, 0.29) is 23.7 Å². The van der Waals surface area contributed by atoms with E-state index >= 15 is 0 Å². The predicted octanol–water partition coefficient (Wildman–Crippen LogP) is 3.16. The summed E-state index contributed by atoms with van der Waals surface area (Å²) in [6.07, 6.45) is 1.57. The lowest BCUT2D eigenvalue weighted by Gasteiger charge is -2.27. The molecule has 8 nitrogen and oxygen atoms in total. The van der Waals surface area contributed by atoms with Crippen molar-refractivity contribution in [2.24, 2.45) is 0 Å². The van der Waals surface area contributed by atoms with Crippen molar-refractivity contribution in [2.75, 3.05) is 39.5 Å². The van der Waals surface area contributed by atoms with Crippen LogP contribution >= 0.6 is 11.6 Å². The van der Waals surface area contributed by atoms with Crippen LogP contribution in [0.5, 0.6) is 0 Å². The zero-order valence-electron chi connectivity index (χ0n) is 19.5. The van der Waals surface area contributed by atoms with E-state index in [1.165, 1.54) is 0 Å². The van der Waals surface area contributed by atoms with Crippen molar-refractivity contribution in [1.29, 1.82) is 0 Å². The third kappa shape index (κ3) is 5.56. The fourth-order valence-corrected chi connectivity index (χ4v) is 4.77. The monoisotopic (exact) mass is 496 g/mol. The quantitative estimate of drug-likeness (QED) is 0.564. The van der Waals surface area contributed by atoms with Gasteiger partial charge >= 0.3 is 0 Å². The number of nitrogens with one attached hydrogen (secondary N) is 1. The van der Waals surface area contributed by atoms with E-state index in [4.69, 9.17) is 21.1 Å². The maximum absolute atomic E-state index is 13.5. The first-order chi connectivity index (χ1) is 17.1. The van der Waals surface area contributed by atoms with Gasteiger partial charge in [0.1, 0.15) is 0 Å². The lowest BCUT2D eigenvalue weighted by atomic mass is 10.1. The van der Waals surface area contributed by atoms with Crippen LogP contribution in [0.2, 0.25) is 5.02 Å². The van der Waals surface area contributed by atoms with Crippen molar-refractivity contribution in [1.82, 2.24) is 20.0 Å². The van der Waals surface area contributed by atoms with Crippen LogP contribution in [0.15, 0.2) is 47.3 Å². The van der Waals surface area contributed by atoms with Gasteiger partial charge in [-0.15, -0.1) is 0 Å². The van der Waals surface area contributed by atoms with Crippen LogP contribution in [0.1, 0.15) is 40.5 Å². The number of hydrogen-bond donors (Lipinski definition) is 1. The molecule has 0 saturated carbocycles. The molecule has 0 aliphatic carbocycles. The number of morpholine rings is 1. The van der Waals surface area contributed by atoms with E-state index in [0.29, 0.717) is 36.8 Å². The summed E-state index contributed by atoms with van der Waals surface area (Å²) < 4.78 is 12.8. The van der Waals surface area contributed by atoms with Crippen LogP contribution in [0.4, 0.5) is 0 Å². The van der Waals surface area contributed by atoms with Crippen molar-refractivity contribution in [2.45, 2.75) is 32.0 Å². The Morgan fingerprint density at radius 2 is 1.69 bits per heavy atom. The molecule has 0 spiro atoms. The normalized spacial score (nSPS) is 17.5. The minimum Gasteiger partial charge on any atom is -0.381 e. The molecule has 0 unspecified atom stereocenters. The molecule has 9 heteroatoms. The van der Waals surface area contributed by atoms with Gasteiger partial charge in [-0.3, -0.25) is 19.2 Å². The number of carbonyl (C=O) groups is 1. The highest BCUT2D eigenvalue weighted by atomic mass is 35.5. The van der Waals surface area contributed by atoms with Crippen molar-refractivity contribution in [3.63, 3.8) is 0 Å². The Hall–Kier alpha value is -2.78. The van der Waals surface area contributed by atoms with Crippen LogP contribution in [0, 0.1) is 0 Å². The molecule has 2 fully saturated rings. The SMILES string of the molecule is O=C(NCc1ccc(Cl)cc1)c1nn(C2CCOCC2)c2ccc(CN3CCOCC3)cc2c1=O. The van der Waals surface area contributed by atoms with Gasteiger partial charge in [0, 0.05) is 44.4 Å². The number of ether oxygens (including phenoxy) is 2. The number of benzene rings is 2. The number of fused-ring (bicyclic) bond motifs is 1. The lowest BCUT2D eigenvalue weighted by molar-refractivity contribution is 0.0342. The van der Waals surface area contributed by atoms with Crippen molar-refractivity contribution in [3.8, 4) is 0 Å². The highest BCUT2D eigenvalue weighted by Gasteiger charge is 2.23. The average molecular weight is 497 g/mol.